The summed E-state index contributed by atoms with van der Waals surface area (Å²) in [6, 6.07) is 0.747. The highest BCUT2D eigenvalue weighted by Gasteiger charge is 2.33. The zero-order valence-electron chi connectivity index (χ0n) is 14.8. The Bertz CT molecular complexity index is 305. The van der Waals surface area contributed by atoms with Crippen LogP contribution in [0, 0.1) is 17.3 Å². The van der Waals surface area contributed by atoms with Gasteiger partial charge in [-0.25, -0.2) is 0 Å². The van der Waals surface area contributed by atoms with Gasteiger partial charge >= 0.3 is 0 Å². The fourth-order valence-electron chi connectivity index (χ4n) is 4.56. The van der Waals surface area contributed by atoms with Gasteiger partial charge in [0.25, 0.3) is 0 Å². The third-order valence-corrected chi connectivity index (χ3v) is 6.20. The standard InChI is InChI=1S/C19H37NO/c1-5-6-15-7-8-18(21)16(13-15)14-20(4)17-9-11-19(2,3)12-10-17/h15-18,21H,5-14H2,1-4H3. The average molecular weight is 296 g/mol. The molecule has 21 heavy (non-hydrogen) atoms. The molecule has 1 N–H and O–H groups in total. The van der Waals surface area contributed by atoms with Crippen LogP contribution in [0.15, 0.2) is 0 Å². The number of aliphatic hydroxyl groups excluding tert-OH is 1. The Morgan fingerprint density at radius 2 is 1.76 bits per heavy atom. The minimum absolute atomic E-state index is 0.0550. The second-order valence-electron chi connectivity index (χ2n) is 8.63. The van der Waals surface area contributed by atoms with Crippen LogP contribution in [0.4, 0.5) is 0 Å². The summed E-state index contributed by atoms with van der Waals surface area (Å²) in [5.41, 5.74) is 0.550. The predicted molar refractivity (Wildman–Crippen MR) is 90.4 cm³/mol. The van der Waals surface area contributed by atoms with E-state index in [2.05, 4.69) is 32.7 Å². The van der Waals surface area contributed by atoms with Gasteiger partial charge in [0.05, 0.1) is 6.10 Å². The fraction of sp³-hybridized carbons (Fsp3) is 1.00. The van der Waals surface area contributed by atoms with E-state index in [4.69, 9.17) is 0 Å². The Hall–Kier alpha value is -0.0800. The van der Waals surface area contributed by atoms with Crippen molar-refractivity contribution in [2.45, 2.75) is 90.7 Å². The van der Waals surface area contributed by atoms with Crippen LogP contribution in [0.1, 0.15) is 78.6 Å². The lowest BCUT2D eigenvalue weighted by atomic mass is 9.74. The lowest BCUT2D eigenvalue weighted by Gasteiger charge is -2.42. The van der Waals surface area contributed by atoms with Gasteiger partial charge in [0.15, 0.2) is 0 Å². The highest BCUT2D eigenvalue weighted by atomic mass is 16.3. The quantitative estimate of drug-likeness (QED) is 0.809. The molecule has 0 amide bonds. The largest absolute Gasteiger partial charge is 0.393 e. The molecule has 2 aliphatic rings. The van der Waals surface area contributed by atoms with Gasteiger partial charge in [0, 0.05) is 12.6 Å². The normalized spacial score (nSPS) is 34.3. The molecule has 2 aliphatic carbocycles. The second-order valence-corrected chi connectivity index (χ2v) is 8.63. The summed E-state index contributed by atoms with van der Waals surface area (Å²) in [4.78, 5) is 2.57. The number of rotatable bonds is 5. The van der Waals surface area contributed by atoms with E-state index in [1.54, 1.807) is 0 Å². The van der Waals surface area contributed by atoms with E-state index in [1.165, 1.54) is 51.4 Å². The molecule has 0 saturated heterocycles. The Labute approximate surface area is 132 Å². The Morgan fingerprint density at radius 3 is 2.38 bits per heavy atom. The average Bonchev–Trinajstić information content (AvgIpc) is 2.42. The Kier molecular flexibility index (Phi) is 6.14. The summed E-state index contributed by atoms with van der Waals surface area (Å²) in [5, 5.41) is 10.4. The van der Waals surface area contributed by atoms with Crippen LogP contribution in [0.2, 0.25) is 0 Å². The number of nitrogens with zero attached hydrogens (tertiary/aromatic N) is 1. The van der Waals surface area contributed by atoms with Crippen molar-refractivity contribution in [2.75, 3.05) is 13.6 Å². The van der Waals surface area contributed by atoms with Crippen molar-refractivity contribution in [1.29, 1.82) is 0 Å². The van der Waals surface area contributed by atoms with Crippen molar-refractivity contribution < 1.29 is 5.11 Å². The van der Waals surface area contributed by atoms with E-state index in [-0.39, 0.29) is 6.10 Å². The molecule has 0 radical (unpaired) electrons. The molecule has 3 unspecified atom stereocenters. The molecule has 0 aromatic heterocycles. The van der Waals surface area contributed by atoms with Crippen LogP contribution in [-0.2, 0) is 0 Å². The first-order chi connectivity index (χ1) is 9.91. The highest BCUT2D eigenvalue weighted by molar-refractivity contribution is 4.86. The molecule has 3 atom stereocenters. The zero-order chi connectivity index (χ0) is 15.5. The molecule has 0 aliphatic heterocycles. The van der Waals surface area contributed by atoms with Crippen LogP contribution >= 0.6 is 0 Å². The molecule has 0 aromatic carbocycles. The maximum atomic E-state index is 10.4. The summed E-state index contributed by atoms with van der Waals surface area (Å²) in [7, 11) is 2.29. The molecule has 2 fully saturated rings. The van der Waals surface area contributed by atoms with E-state index in [0.29, 0.717) is 11.3 Å². The molecule has 2 heteroatoms. The maximum absolute atomic E-state index is 10.4. The van der Waals surface area contributed by atoms with E-state index in [0.717, 1.165) is 24.9 Å². The van der Waals surface area contributed by atoms with Gasteiger partial charge in [-0.3, -0.25) is 0 Å². The van der Waals surface area contributed by atoms with Crippen molar-refractivity contribution in [3.63, 3.8) is 0 Å². The third-order valence-electron chi connectivity index (χ3n) is 6.20. The van der Waals surface area contributed by atoms with Gasteiger partial charge in [0.2, 0.25) is 0 Å². The molecule has 2 saturated carbocycles. The molecular formula is C19H37NO. The topological polar surface area (TPSA) is 23.5 Å². The molecule has 2 nitrogen and oxygen atoms in total. The van der Waals surface area contributed by atoms with E-state index < -0.39 is 0 Å². The van der Waals surface area contributed by atoms with Crippen molar-refractivity contribution in [2.24, 2.45) is 17.3 Å². The smallest absolute Gasteiger partial charge is 0.0580 e. The van der Waals surface area contributed by atoms with Crippen molar-refractivity contribution in [1.82, 2.24) is 4.90 Å². The lowest BCUT2D eigenvalue weighted by Crippen LogP contribution is -2.43. The number of hydrogen-bond acceptors (Lipinski definition) is 2. The maximum Gasteiger partial charge on any atom is 0.0580 e. The van der Waals surface area contributed by atoms with Gasteiger partial charge < -0.3 is 10.0 Å². The summed E-state index contributed by atoms with van der Waals surface area (Å²) >= 11 is 0. The van der Waals surface area contributed by atoms with Crippen LogP contribution < -0.4 is 0 Å². The summed E-state index contributed by atoms with van der Waals surface area (Å²) in [6.45, 7) is 8.20. The molecule has 2 rings (SSSR count). The third kappa shape index (κ3) is 4.96. The van der Waals surface area contributed by atoms with Crippen molar-refractivity contribution in [3.05, 3.63) is 0 Å². The predicted octanol–water partition coefficient (Wildman–Crippen LogP) is 4.46. The van der Waals surface area contributed by atoms with E-state index >= 15 is 0 Å². The summed E-state index contributed by atoms with van der Waals surface area (Å²) in [5.74, 6) is 1.37. The molecule has 0 spiro atoms. The second kappa shape index (κ2) is 7.46. The van der Waals surface area contributed by atoms with Gasteiger partial charge in [-0.05, 0) is 69.2 Å². The van der Waals surface area contributed by atoms with Crippen LogP contribution in [0.5, 0.6) is 0 Å². The van der Waals surface area contributed by atoms with Gasteiger partial charge in [-0.1, -0.05) is 33.6 Å². The first kappa shape index (κ1) is 17.3. The zero-order valence-corrected chi connectivity index (χ0v) is 14.8. The van der Waals surface area contributed by atoms with E-state index in [9.17, 15) is 5.11 Å². The Morgan fingerprint density at radius 1 is 1.10 bits per heavy atom. The van der Waals surface area contributed by atoms with Crippen molar-refractivity contribution in [3.8, 4) is 0 Å². The number of hydrogen-bond donors (Lipinski definition) is 1. The van der Waals surface area contributed by atoms with Crippen LogP contribution in [-0.4, -0.2) is 35.7 Å². The van der Waals surface area contributed by atoms with Crippen LogP contribution in [0.3, 0.4) is 0 Å². The van der Waals surface area contributed by atoms with Gasteiger partial charge in [0.1, 0.15) is 0 Å². The summed E-state index contributed by atoms with van der Waals surface area (Å²) in [6.07, 6.45) is 11.5. The van der Waals surface area contributed by atoms with Crippen LogP contribution in [0.25, 0.3) is 0 Å². The van der Waals surface area contributed by atoms with Gasteiger partial charge in [-0.2, -0.15) is 0 Å². The minimum Gasteiger partial charge on any atom is -0.393 e. The molecule has 0 heterocycles. The molecular weight excluding hydrogens is 258 g/mol. The first-order valence-corrected chi connectivity index (χ1v) is 9.29. The monoisotopic (exact) mass is 295 g/mol. The molecule has 0 aromatic rings. The SMILES string of the molecule is CCCC1CCC(O)C(CN(C)C2CCC(C)(C)CC2)C1. The lowest BCUT2D eigenvalue weighted by molar-refractivity contribution is 0.0155. The van der Waals surface area contributed by atoms with Gasteiger partial charge in [-0.15, -0.1) is 0 Å². The van der Waals surface area contributed by atoms with Crippen molar-refractivity contribution >= 4 is 0 Å². The number of aliphatic hydroxyl groups is 1. The minimum atomic E-state index is -0.0550. The Balaban J connectivity index is 1.82. The fourth-order valence-corrected chi connectivity index (χ4v) is 4.56. The van der Waals surface area contributed by atoms with E-state index in [1.807, 2.05) is 0 Å². The molecule has 0 bridgehead atoms. The highest BCUT2D eigenvalue weighted by Crippen LogP contribution is 2.38. The molecule has 124 valence electrons. The summed E-state index contributed by atoms with van der Waals surface area (Å²) < 4.78 is 0. The first-order valence-electron chi connectivity index (χ1n) is 9.29.